The van der Waals surface area contributed by atoms with Crippen LogP contribution in [0.1, 0.15) is 18.7 Å². The zero-order chi connectivity index (χ0) is 13.0. The number of hydrogen-bond donors (Lipinski definition) is 1. The van der Waals surface area contributed by atoms with Crippen LogP contribution in [-0.2, 0) is 23.1 Å². The van der Waals surface area contributed by atoms with Crippen LogP contribution in [0.3, 0.4) is 0 Å². The normalized spacial score (nSPS) is 18.0. The Bertz CT molecular complexity index is 470. The van der Waals surface area contributed by atoms with E-state index in [1.807, 2.05) is 0 Å². The van der Waals surface area contributed by atoms with Crippen LogP contribution in [0, 0.1) is 16.7 Å². The molecule has 1 amide bonds. The number of carbonyl (C=O) groups excluding carboxylic acids is 1. The zero-order valence-corrected chi connectivity index (χ0v) is 10.2. The summed E-state index contributed by atoms with van der Waals surface area (Å²) in [5.74, 6) is 0.403. The molecule has 0 aromatic carbocycles. The van der Waals surface area contributed by atoms with Crippen LogP contribution < -0.4 is 5.32 Å². The molecule has 0 saturated carbocycles. The van der Waals surface area contributed by atoms with Gasteiger partial charge in [0.15, 0.2) is 5.82 Å². The van der Waals surface area contributed by atoms with Gasteiger partial charge in [0.25, 0.3) is 0 Å². The summed E-state index contributed by atoms with van der Waals surface area (Å²) in [6, 6.07) is 2.13. The van der Waals surface area contributed by atoms with Gasteiger partial charge >= 0.3 is 0 Å². The molecule has 7 nitrogen and oxygen atoms in total. The second-order valence-electron chi connectivity index (χ2n) is 4.35. The first-order valence-corrected chi connectivity index (χ1v) is 5.78. The van der Waals surface area contributed by atoms with E-state index in [0.717, 1.165) is 0 Å². The highest BCUT2D eigenvalue weighted by Gasteiger charge is 2.40. The largest absolute Gasteiger partial charge is 0.381 e. The van der Waals surface area contributed by atoms with Crippen molar-refractivity contribution in [2.75, 3.05) is 13.2 Å². The predicted octanol–water partition coefficient (Wildman–Crippen LogP) is -0.248. The Morgan fingerprint density at radius 3 is 2.94 bits per heavy atom. The summed E-state index contributed by atoms with van der Waals surface area (Å²) in [4.78, 5) is 12.1. The average molecular weight is 249 g/mol. The first-order valence-electron chi connectivity index (χ1n) is 5.78. The lowest BCUT2D eigenvalue weighted by Crippen LogP contribution is -2.43. The number of nitrogens with zero attached hydrogens (tertiary/aromatic N) is 4. The second kappa shape index (κ2) is 5.14. The third-order valence-corrected chi connectivity index (χ3v) is 3.21. The number of carbonyl (C=O) groups is 1. The molecule has 1 aliphatic rings. The van der Waals surface area contributed by atoms with Crippen molar-refractivity contribution >= 4 is 5.91 Å². The van der Waals surface area contributed by atoms with E-state index in [0.29, 0.717) is 31.9 Å². The summed E-state index contributed by atoms with van der Waals surface area (Å²) in [5, 5.41) is 19.6. The molecule has 0 radical (unpaired) electrons. The van der Waals surface area contributed by atoms with E-state index >= 15 is 0 Å². The Morgan fingerprint density at radius 1 is 1.67 bits per heavy atom. The maximum absolute atomic E-state index is 12.1. The molecule has 18 heavy (non-hydrogen) atoms. The monoisotopic (exact) mass is 249 g/mol. The Morgan fingerprint density at radius 2 is 2.39 bits per heavy atom. The topological polar surface area (TPSA) is 92.8 Å². The van der Waals surface area contributed by atoms with Gasteiger partial charge in [-0.15, -0.1) is 10.2 Å². The van der Waals surface area contributed by atoms with Gasteiger partial charge in [-0.05, 0) is 12.8 Å². The highest BCUT2D eigenvalue weighted by Crippen LogP contribution is 2.29. The Labute approximate surface area is 105 Å². The Hall–Kier alpha value is -1.94. The first kappa shape index (κ1) is 12.5. The minimum atomic E-state index is -0.961. The molecule has 96 valence electrons. The molecule has 2 rings (SSSR count). The first-order chi connectivity index (χ1) is 8.68. The minimum absolute atomic E-state index is 0.253. The van der Waals surface area contributed by atoms with Crippen molar-refractivity contribution in [1.82, 2.24) is 20.1 Å². The molecule has 1 N–H and O–H groups in total. The summed E-state index contributed by atoms with van der Waals surface area (Å²) < 4.78 is 6.91. The standard InChI is InChI=1S/C11H15N5O2/c1-16-8-14-15-9(16)6-13-10(17)11(7-12)2-4-18-5-3-11/h8H,2-6H2,1H3,(H,13,17). The highest BCUT2D eigenvalue weighted by molar-refractivity contribution is 5.85. The molecule has 0 atom stereocenters. The van der Waals surface area contributed by atoms with Gasteiger partial charge in [-0.25, -0.2) is 0 Å². The van der Waals surface area contributed by atoms with Crippen molar-refractivity contribution in [3.8, 4) is 6.07 Å². The summed E-state index contributed by atoms with van der Waals surface area (Å²) in [5.41, 5.74) is -0.961. The molecular weight excluding hydrogens is 234 g/mol. The van der Waals surface area contributed by atoms with Gasteiger partial charge in [-0.2, -0.15) is 5.26 Å². The van der Waals surface area contributed by atoms with Gasteiger partial charge < -0.3 is 14.6 Å². The van der Waals surface area contributed by atoms with E-state index in [9.17, 15) is 10.1 Å². The fourth-order valence-electron chi connectivity index (χ4n) is 1.91. The molecule has 0 spiro atoms. The third-order valence-electron chi connectivity index (χ3n) is 3.21. The van der Waals surface area contributed by atoms with Gasteiger partial charge in [0, 0.05) is 20.3 Å². The molecule has 1 aliphatic heterocycles. The summed E-state index contributed by atoms with van der Waals surface area (Å²) in [7, 11) is 1.80. The van der Waals surface area contributed by atoms with Crippen LogP contribution in [0.15, 0.2) is 6.33 Å². The lowest BCUT2D eigenvalue weighted by Gasteiger charge is -2.29. The smallest absolute Gasteiger partial charge is 0.241 e. The molecular formula is C11H15N5O2. The van der Waals surface area contributed by atoms with Gasteiger partial charge in [0.05, 0.1) is 12.6 Å². The Kier molecular flexibility index (Phi) is 3.58. The molecule has 0 unspecified atom stereocenters. The maximum atomic E-state index is 12.1. The van der Waals surface area contributed by atoms with E-state index in [2.05, 4.69) is 21.6 Å². The van der Waals surface area contributed by atoms with Crippen LogP contribution >= 0.6 is 0 Å². The highest BCUT2D eigenvalue weighted by atomic mass is 16.5. The third kappa shape index (κ3) is 2.33. The predicted molar refractivity (Wildman–Crippen MR) is 60.9 cm³/mol. The number of nitrogens with one attached hydrogen (secondary N) is 1. The van der Waals surface area contributed by atoms with Crippen LogP contribution in [0.4, 0.5) is 0 Å². The SMILES string of the molecule is Cn1cnnc1CNC(=O)C1(C#N)CCOCC1. The quantitative estimate of drug-likeness (QED) is 0.797. The van der Waals surface area contributed by atoms with E-state index in [4.69, 9.17) is 4.74 Å². The van der Waals surface area contributed by atoms with E-state index in [1.165, 1.54) is 0 Å². The van der Waals surface area contributed by atoms with Crippen LogP contribution in [0.25, 0.3) is 0 Å². The number of aromatic nitrogens is 3. The van der Waals surface area contributed by atoms with Crippen molar-refractivity contribution in [2.45, 2.75) is 19.4 Å². The van der Waals surface area contributed by atoms with Crippen molar-refractivity contribution in [3.63, 3.8) is 0 Å². The minimum Gasteiger partial charge on any atom is -0.381 e. The molecule has 1 aromatic heterocycles. The van der Waals surface area contributed by atoms with E-state index < -0.39 is 5.41 Å². The molecule has 1 aromatic rings. The zero-order valence-electron chi connectivity index (χ0n) is 10.2. The fourth-order valence-corrected chi connectivity index (χ4v) is 1.91. The number of hydrogen-bond acceptors (Lipinski definition) is 5. The fraction of sp³-hybridized carbons (Fsp3) is 0.636. The lowest BCUT2D eigenvalue weighted by atomic mass is 9.81. The second-order valence-corrected chi connectivity index (χ2v) is 4.35. The molecule has 0 bridgehead atoms. The van der Waals surface area contributed by atoms with Crippen LogP contribution in [0.5, 0.6) is 0 Å². The van der Waals surface area contributed by atoms with Crippen LogP contribution in [-0.4, -0.2) is 33.9 Å². The molecule has 7 heteroatoms. The summed E-state index contributed by atoms with van der Waals surface area (Å²) in [6.07, 6.45) is 2.44. The summed E-state index contributed by atoms with van der Waals surface area (Å²) in [6.45, 7) is 1.18. The molecule has 1 fully saturated rings. The van der Waals surface area contributed by atoms with Crippen molar-refractivity contribution in [1.29, 1.82) is 5.26 Å². The lowest BCUT2D eigenvalue weighted by molar-refractivity contribution is -0.132. The molecule has 1 saturated heterocycles. The van der Waals surface area contributed by atoms with Crippen molar-refractivity contribution in [3.05, 3.63) is 12.2 Å². The number of aryl methyl sites for hydroxylation is 1. The van der Waals surface area contributed by atoms with Crippen molar-refractivity contribution < 1.29 is 9.53 Å². The maximum Gasteiger partial charge on any atom is 0.241 e. The van der Waals surface area contributed by atoms with E-state index in [-0.39, 0.29) is 12.5 Å². The van der Waals surface area contributed by atoms with Crippen molar-refractivity contribution in [2.24, 2.45) is 12.5 Å². The van der Waals surface area contributed by atoms with E-state index in [1.54, 1.807) is 17.9 Å². The number of nitriles is 1. The molecule has 0 aliphatic carbocycles. The molecule has 2 heterocycles. The number of ether oxygens (including phenoxy) is 1. The summed E-state index contributed by atoms with van der Waals surface area (Å²) >= 11 is 0. The van der Waals surface area contributed by atoms with Gasteiger partial charge in [-0.1, -0.05) is 0 Å². The van der Waals surface area contributed by atoms with Gasteiger partial charge in [-0.3, -0.25) is 4.79 Å². The average Bonchev–Trinajstić information content (AvgIpc) is 2.82. The van der Waals surface area contributed by atoms with Gasteiger partial charge in [0.2, 0.25) is 5.91 Å². The van der Waals surface area contributed by atoms with Gasteiger partial charge in [0.1, 0.15) is 11.7 Å². The number of rotatable bonds is 3. The number of amides is 1. The van der Waals surface area contributed by atoms with Crippen LogP contribution in [0.2, 0.25) is 0 Å². The Balaban J connectivity index is 1.99.